The first-order chi connectivity index (χ1) is 11.3. The molecule has 0 spiro atoms. The zero-order chi connectivity index (χ0) is 17.9. The van der Waals surface area contributed by atoms with E-state index in [1.807, 2.05) is 0 Å². The second kappa shape index (κ2) is 8.28. The molecule has 0 atom stereocenters. The van der Waals surface area contributed by atoms with E-state index in [1.165, 1.54) is 24.3 Å². The second-order valence-electron chi connectivity index (χ2n) is 4.47. The van der Waals surface area contributed by atoms with Gasteiger partial charge in [0.1, 0.15) is 0 Å². The minimum atomic E-state index is -0.780. The Morgan fingerprint density at radius 1 is 0.917 bits per heavy atom. The van der Waals surface area contributed by atoms with E-state index in [0.29, 0.717) is 0 Å². The maximum Gasteiger partial charge on any atom is 0.340 e. The highest BCUT2D eigenvalue weighted by Crippen LogP contribution is 2.32. The Kier molecular flexibility index (Phi) is 6.61. The molecule has 2 aromatic rings. The first-order valence-corrected chi connectivity index (χ1v) is 8.24. The number of hydrogen-bond donors (Lipinski definition) is 1. The number of carbonyl (C=O) groups excluding carboxylic acids is 2. The van der Waals surface area contributed by atoms with Gasteiger partial charge in [0.25, 0.3) is 5.91 Å². The normalized spacial score (nSPS) is 10.4. The zero-order valence-corrected chi connectivity index (χ0v) is 15.5. The first-order valence-electron chi connectivity index (χ1n) is 6.35. The molecule has 126 valence electrons. The van der Waals surface area contributed by atoms with Crippen molar-refractivity contribution < 1.29 is 14.3 Å². The maximum atomic E-state index is 11.9. The van der Waals surface area contributed by atoms with Crippen LogP contribution in [0.25, 0.3) is 0 Å². The van der Waals surface area contributed by atoms with Crippen LogP contribution in [0.2, 0.25) is 25.1 Å². The Bertz CT molecular complexity index is 810. The van der Waals surface area contributed by atoms with E-state index < -0.39 is 18.5 Å². The largest absolute Gasteiger partial charge is 0.452 e. The van der Waals surface area contributed by atoms with Gasteiger partial charge >= 0.3 is 5.97 Å². The lowest BCUT2D eigenvalue weighted by Gasteiger charge is -2.10. The fourth-order valence-electron chi connectivity index (χ4n) is 1.67. The molecule has 2 rings (SSSR count). The fraction of sp³-hybridized carbons (Fsp3) is 0.0667. The summed E-state index contributed by atoms with van der Waals surface area (Å²) in [4.78, 5) is 23.8. The minimum Gasteiger partial charge on any atom is -0.452 e. The van der Waals surface area contributed by atoms with Gasteiger partial charge in [-0.2, -0.15) is 0 Å². The number of halogens is 5. The third-order valence-electron chi connectivity index (χ3n) is 2.79. The highest BCUT2D eigenvalue weighted by molar-refractivity contribution is 6.44. The van der Waals surface area contributed by atoms with Crippen molar-refractivity contribution in [2.24, 2.45) is 0 Å². The predicted molar refractivity (Wildman–Crippen MR) is 96.8 cm³/mol. The van der Waals surface area contributed by atoms with Gasteiger partial charge in [-0.3, -0.25) is 4.79 Å². The second-order valence-corrected chi connectivity index (χ2v) is 6.48. The van der Waals surface area contributed by atoms with Crippen molar-refractivity contribution in [3.63, 3.8) is 0 Å². The van der Waals surface area contributed by atoms with Gasteiger partial charge in [0.05, 0.1) is 36.4 Å². The van der Waals surface area contributed by atoms with Crippen LogP contribution in [0, 0.1) is 0 Å². The number of anilines is 1. The zero-order valence-electron chi connectivity index (χ0n) is 11.7. The third kappa shape index (κ3) is 4.68. The summed E-state index contributed by atoms with van der Waals surface area (Å²) < 4.78 is 4.90. The van der Waals surface area contributed by atoms with Gasteiger partial charge < -0.3 is 10.1 Å². The summed E-state index contributed by atoms with van der Waals surface area (Å²) in [5.74, 6) is -1.39. The molecule has 0 saturated carbocycles. The Labute approximate surface area is 162 Å². The Hall–Kier alpha value is -1.17. The standard InChI is InChI=1S/C15H8Cl5NO3/c16-8-3-1-2-7(14(8)20)15(23)24-6-13(22)21-12-5-10(18)9(17)4-11(12)19/h1-5H,6H2,(H,21,22). The number of esters is 1. The molecule has 0 fully saturated rings. The lowest BCUT2D eigenvalue weighted by Crippen LogP contribution is -2.21. The van der Waals surface area contributed by atoms with E-state index >= 15 is 0 Å². The molecule has 1 N–H and O–H groups in total. The summed E-state index contributed by atoms with van der Waals surface area (Å²) in [6, 6.07) is 7.28. The van der Waals surface area contributed by atoms with Crippen molar-refractivity contribution in [2.75, 3.05) is 11.9 Å². The fourth-order valence-corrected chi connectivity index (χ4v) is 2.65. The van der Waals surface area contributed by atoms with Gasteiger partial charge in [0.2, 0.25) is 0 Å². The molecule has 0 unspecified atom stereocenters. The number of benzene rings is 2. The number of amides is 1. The van der Waals surface area contributed by atoms with Gasteiger partial charge in [-0.05, 0) is 24.3 Å². The van der Waals surface area contributed by atoms with Gasteiger partial charge in [-0.1, -0.05) is 64.1 Å². The van der Waals surface area contributed by atoms with Gasteiger partial charge in [0, 0.05) is 0 Å². The topological polar surface area (TPSA) is 55.4 Å². The lowest BCUT2D eigenvalue weighted by molar-refractivity contribution is -0.119. The molecule has 4 nitrogen and oxygen atoms in total. The lowest BCUT2D eigenvalue weighted by atomic mass is 10.2. The summed E-state index contributed by atoms with van der Waals surface area (Å²) in [6.45, 7) is -0.543. The molecule has 0 saturated heterocycles. The van der Waals surface area contributed by atoms with Gasteiger partial charge in [-0.25, -0.2) is 4.79 Å². The van der Waals surface area contributed by atoms with E-state index in [1.54, 1.807) is 6.07 Å². The number of ether oxygens (including phenoxy) is 1. The van der Waals surface area contributed by atoms with Crippen molar-refractivity contribution in [2.45, 2.75) is 0 Å². The van der Waals surface area contributed by atoms with Crippen molar-refractivity contribution in [3.05, 3.63) is 61.0 Å². The van der Waals surface area contributed by atoms with Crippen LogP contribution in [0.4, 0.5) is 5.69 Å². The quantitative estimate of drug-likeness (QED) is 0.499. The number of carbonyl (C=O) groups is 2. The van der Waals surface area contributed by atoms with E-state index in [-0.39, 0.29) is 36.4 Å². The third-order valence-corrected chi connectivity index (χ3v) is 4.64. The minimum absolute atomic E-state index is 0.0529. The predicted octanol–water partition coefficient (Wildman–Crippen LogP) is 5.75. The maximum absolute atomic E-state index is 11.9. The van der Waals surface area contributed by atoms with Crippen LogP contribution in [0.5, 0.6) is 0 Å². The highest BCUT2D eigenvalue weighted by Gasteiger charge is 2.16. The monoisotopic (exact) mass is 425 g/mol. The molecule has 0 heterocycles. The van der Waals surface area contributed by atoms with Crippen LogP contribution in [0.15, 0.2) is 30.3 Å². The summed E-state index contributed by atoms with van der Waals surface area (Å²) in [5, 5.41) is 3.39. The molecular weight excluding hydrogens is 419 g/mol. The summed E-state index contributed by atoms with van der Waals surface area (Å²) in [7, 11) is 0. The number of rotatable bonds is 4. The molecule has 0 aliphatic carbocycles. The average molecular weight is 427 g/mol. The summed E-state index contributed by atoms with van der Waals surface area (Å²) in [5.41, 5.74) is 0.303. The van der Waals surface area contributed by atoms with E-state index in [9.17, 15) is 9.59 Å². The van der Waals surface area contributed by atoms with Gasteiger partial charge in [0.15, 0.2) is 6.61 Å². The smallest absolute Gasteiger partial charge is 0.340 e. The molecule has 0 bridgehead atoms. The van der Waals surface area contributed by atoms with E-state index in [0.717, 1.165) is 0 Å². The first kappa shape index (κ1) is 19.2. The van der Waals surface area contributed by atoms with Crippen LogP contribution in [0.1, 0.15) is 10.4 Å². The van der Waals surface area contributed by atoms with Crippen molar-refractivity contribution in [1.82, 2.24) is 0 Å². The van der Waals surface area contributed by atoms with Crippen LogP contribution >= 0.6 is 58.0 Å². The van der Waals surface area contributed by atoms with E-state index in [2.05, 4.69) is 5.32 Å². The van der Waals surface area contributed by atoms with Crippen LogP contribution in [-0.4, -0.2) is 18.5 Å². The SMILES string of the molecule is O=C(COC(=O)c1cccc(Cl)c1Cl)Nc1cc(Cl)c(Cl)cc1Cl. The summed E-state index contributed by atoms with van der Waals surface area (Å²) in [6.07, 6.45) is 0. The number of hydrogen-bond acceptors (Lipinski definition) is 3. The molecule has 9 heteroatoms. The van der Waals surface area contributed by atoms with Crippen molar-refractivity contribution >= 4 is 75.6 Å². The van der Waals surface area contributed by atoms with Crippen LogP contribution < -0.4 is 5.32 Å². The Morgan fingerprint density at radius 2 is 1.58 bits per heavy atom. The highest BCUT2D eigenvalue weighted by atomic mass is 35.5. The molecule has 1 amide bonds. The molecule has 2 aromatic carbocycles. The Balaban J connectivity index is 2.00. The van der Waals surface area contributed by atoms with E-state index in [4.69, 9.17) is 62.7 Å². The molecule has 0 aliphatic heterocycles. The van der Waals surface area contributed by atoms with Crippen LogP contribution in [0.3, 0.4) is 0 Å². The van der Waals surface area contributed by atoms with Crippen LogP contribution in [-0.2, 0) is 9.53 Å². The molecule has 0 aliphatic rings. The molecule has 0 radical (unpaired) electrons. The van der Waals surface area contributed by atoms with Crippen molar-refractivity contribution in [3.8, 4) is 0 Å². The number of nitrogens with one attached hydrogen (secondary N) is 1. The Morgan fingerprint density at radius 3 is 2.29 bits per heavy atom. The molecular formula is C15H8Cl5NO3. The van der Waals surface area contributed by atoms with Gasteiger partial charge in [-0.15, -0.1) is 0 Å². The molecule has 0 aromatic heterocycles. The summed E-state index contributed by atoms with van der Waals surface area (Å²) >= 11 is 29.3. The van der Waals surface area contributed by atoms with Crippen molar-refractivity contribution in [1.29, 1.82) is 0 Å². The molecule has 24 heavy (non-hydrogen) atoms. The average Bonchev–Trinajstić information content (AvgIpc) is 2.53.